The Hall–Kier alpha value is 0.480. The molecule has 0 saturated heterocycles. The highest BCUT2D eigenvalue weighted by atomic mass is 79.9. The van der Waals surface area contributed by atoms with E-state index in [0.29, 0.717) is 0 Å². The highest BCUT2D eigenvalue weighted by Gasteiger charge is 2.27. The second-order valence-electron chi connectivity index (χ2n) is 3.48. The summed E-state index contributed by atoms with van der Waals surface area (Å²) in [5, 5.41) is 0. The van der Waals surface area contributed by atoms with E-state index in [2.05, 4.69) is 0 Å². The first kappa shape index (κ1) is 7.59. The zero-order valence-electron chi connectivity index (χ0n) is 5.81. The molecule has 9 heavy (non-hydrogen) atoms. The van der Waals surface area contributed by atoms with Gasteiger partial charge in [0.1, 0.15) is 0 Å². The molecule has 0 N–H and O–H groups in total. The summed E-state index contributed by atoms with van der Waals surface area (Å²) < 4.78 is 0. The molecule has 0 heterocycles. The molecule has 0 spiro atoms. The smallest absolute Gasteiger partial charge is 0.0412 e. The fourth-order valence-electron chi connectivity index (χ4n) is 2.40. The Balaban J connectivity index is 0.000000405. The molecule has 0 amide bonds. The lowest BCUT2D eigenvalue weighted by Crippen LogP contribution is -2.03. The van der Waals surface area contributed by atoms with Gasteiger partial charge in [-0.3, -0.25) is 0 Å². The molecule has 54 valence electrons. The van der Waals surface area contributed by atoms with Gasteiger partial charge in [0.05, 0.1) is 0 Å². The summed E-state index contributed by atoms with van der Waals surface area (Å²) in [5.41, 5.74) is 0. The zero-order chi connectivity index (χ0) is 5.40. The zero-order valence-corrected chi connectivity index (χ0v) is 7.52. The molecule has 0 aliphatic heterocycles. The molecule has 2 aliphatic carbocycles. The van der Waals surface area contributed by atoms with Gasteiger partial charge >= 0.3 is 0 Å². The Morgan fingerprint density at radius 3 is 1.78 bits per heavy atom. The van der Waals surface area contributed by atoms with Crippen molar-refractivity contribution in [1.82, 2.24) is 0 Å². The number of hydrogen-bond acceptors (Lipinski definition) is 0. The maximum absolute atomic E-state index is 1.58. The van der Waals surface area contributed by atoms with Gasteiger partial charge in [-0.15, -0.1) is 17.0 Å². The van der Waals surface area contributed by atoms with E-state index in [1.165, 1.54) is 6.42 Å². The monoisotopic (exact) mass is 190 g/mol. The molecular weight excluding hydrogens is 176 g/mol. The summed E-state index contributed by atoms with van der Waals surface area (Å²) in [6.07, 6.45) is 9.34. The van der Waals surface area contributed by atoms with Crippen molar-refractivity contribution >= 4 is 17.0 Å². The molecule has 2 rings (SSSR count). The van der Waals surface area contributed by atoms with E-state index in [9.17, 15) is 0 Å². The van der Waals surface area contributed by atoms with Gasteiger partial charge in [-0.1, -0.05) is 32.1 Å². The van der Waals surface area contributed by atoms with Gasteiger partial charge in [-0.05, 0) is 18.3 Å². The highest BCUT2D eigenvalue weighted by Crippen LogP contribution is 2.41. The summed E-state index contributed by atoms with van der Waals surface area (Å²) in [7, 11) is 0. The molecule has 2 saturated carbocycles. The van der Waals surface area contributed by atoms with Crippen molar-refractivity contribution in [3.8, 4) is 0 Å². The molecule has 2 unspecified atom stereocenters. The lowest BCUT2D eigenvalue weighted by molar-refractivity contribution is 0.359. The Labute approximate surface area is 67.8 Å². The van der Waals surface area contributed by atoms with Crippen molar-refractivity contribution in [1.29, 1.82) is 0 Å². The second kappa shape index (κ2) is 3.05. The minimum atomic E-state index is 0. The van der Waals surface area contributed by atoms with Gasteiger partial charge in [-0.25, -0.2) is 0 Å². The molecule has 1 heteroatoms. The maximum atomic E-state index is 1.58. The van der Waals surface area contributed by atoms with Crippen LogP contribution in [0.15, 0.2) is 0 Å². The molecule has 0 aromatic rings. The summed E-state index contributed by atoms with van der Waals surface area (Å²) >= 11 is 0. The van der Waals surface area contributed by atoms with Gasteiger partial charge < -0.3 is 0 Å². The molecule has 2 bridgehead atoms. The average Bonchev–Trinajstić information content (AvgIpc) is 2.12. The lowest BCUT2D eigenvalue weighted by Gasteiger charge is -2.16. The Morgan fingerprint density at radius 2 is 1.33 bits per heavy atom. The van der Waals surface area contributed by atoms with Crippen LogP contribution >= 0.6 is 17.0 Å². The molecule has 0 aromatic carbocycles. The Morgan fingerprint density at radius 1 is 0.778 bits per heavy atom. The van der Waals surface area contributed by atoms with Crippen LogP contribution in [-0.2, 0) is 0 Å². The van der Waals surface area contributed by atoms with Crippen LogP contribution in [0.3, 0.4) is 0 Å². The fourth-order valence-corrected chi connectivity index (χ4v) is 2.40. The van der Waals surface area contributed by atoms with E-state index in [-0.39, 0.29) is 17.0 Å². The van der Waals surface area contributed by atoms with Crippen molar-refractivity contribution in [2.75, 3.05) is 0 Å². The minimum absolute atomic E-state index is 0. The highest BCUT2D eigenvalue weighted by molar-refractivity contribution is 8.93. The maximum Gasteiger partial charge on any atom is -0.0412 e. The van der Waals surface area contributed by atoms with Crippen LogP contribution in [0, 0.1) is 11.8 Å². The van der Waals surface area contributed by atoms with Crippen LogP contribution in [0.1, 0.15) is 38.5 Å². The lowest BCUT2D eigenvalue weighted by atomic mass is 9.89. The predicted octanol–water partition coefficient (Wildman–Crippen LogP) is 3.16. The topological polar surface area (TPSA) is 0 Å². The van der Waals surface area contributed by atoms with Crippen molar-refractivity contribution in [3.05, 3.63) is 0 Å². The largest absolute Gasteiger partial charge is 0.114 e. The van der Waals surface area contributed by atoms with Gasteiger partial charge in [0.2, 0.25) is 0 Å². The number of rotatable bonds is 0. The number of fused-ring (bicyclic) bond motifs is 2. The van der Waals surface area contributed by atoms with E-state index in [4.69, 9.17) is 0 Å². The third kappa shape index (κ3) is 1.49. The van der Waals surface area contributed by atoms with Crippen LogP contribution < -0.4 is 0 Å². The van der Waals surface area contributed by atoms with Gasteiger partial charge in [0, 0.05) is 0 Å². The Bertz CT molecular complexity index is 76.6. The summed E-state index contributed by atoms with van der Waals surface area (Å²) in [4.78, 5) is 0. The quantitative estimate of drug-likeness (QED) is 0.551. The van der Waals surface area contributed by atoms with Crippen LogP contribution in [0.5, 0.6) is 0 Å². The summed E-state index contributed by atoms with van der Waals surface area (Å²) in [5.74, 6) is 2.32. The van der Waals surface area contributed by atoms with E-state index < -0.39 is 0 Å². The van der Waals surface area contributed by atoms with Crippen LogP contribution in [0.4, 0.5) is 0 Å². The van der Waals surface area contributed by atoms with Crippen molar-refractivity contribution in [2.24, 2.45) is 11.8 Å². The first-order valence-electron chi connectivity index (χ1n) is 3.95. The molecule has 2 aliphatic rings. The molecular formula is C8H15Br. The van der Waals surface area contributed by atoms with Gasteiger partial charge in [0.25, 0.3) is 0 Å². The van der Waals surface area contributed by atoms with Crippen LogP contribution in [0.25, 0.3) is 0 Å². The van der Waals surface area contributed by atoms with E-state index in [1.807, 2.05) is 0 Å². The third-order valence-electron chi connectivity index (χ3n) is 2.87. The predicted molar refractivity (Wildman–Crippen MR) is 45.0 cm³/mol. The second-order valence-corrected chi connectivity index (χ2v) is 3.48. The summed E-state index contributed by atoms with van der Waals surface area (Å²) in [6, 6.07) is 0. The SMILES string of the molecule is Br.C1CC2CCC(C1)C2. The summed E-state index contributed by atoms with van der Waals surface area (Å²) in [6.45, 7) is 0. The first-order valence-corrected chi connectivity index (χ1v) is 3.95. The molecule has 0 nitrogen and oxygen atoms in total. The van der Waals surface area contributed by atoms with E-state index >= 15 is 0 Å². The van der Waals surface area contributed by atoms with E-state index in [0.717, 1.165) is 11.8 Å². The Kier molecular flexibility index (Phi) is 2.57. The number of hydrogen-bond donors (Lipinski definition) is 0. The average molecular weight is 191 g/mol. The van der Waals surface area contributed by atoms with Crippen LogP contribution in [0.2, 0.25) is 0 Å². The first-order chi connectivity index (χ1) is 3.95. The van der Waals surface area contributed by atoms with Crippen LogP contribution in [-0.4, -0.2) is 0 Å². The molecule has 0 radical (unpaired) electrons. The fraction of sp³-hybridized carbons (Fsp3) is 1.00. The minimum Gasteiger partial charge on any atom is -0.114 e. The van der Waals surface area contributed by atoms with Gasteiger partial charge in [0.15, 0.2) is 0 Å². The van der Waals surface area contributed by atoms with Crippen molar-refractivity contribution in [2.45, 2.75) is 38.5 Å². The van der Waals surface area contributed by atoms with Gasteiger partial charge in [-0.2, -0.15) is 0 Å². The standard InChI is InChI=1S/C8H14.BrH/c1-2-7-4-5-8(3-1)6-7;/h7-8H,1-6H2;1H. The van der Waals surface area contributed by atoms with E-state index in [1.54, 1.807) is 32.1 Å². The number of halogens is 1. The van der Waals surface area contributed by atoms with Crippen molar-refractivity contribution < 1.29 is 0 Å². The van der Waals surface area contributed by atoms with Crippen molar-refractivity contribution in [3.63, 3.8) is 0 Å². The molecule has 0 aromatic heterocycles. The molecule has 2 fully saturated rings. The molecule has 2 atom stereocenters. The normalized spacial score (nSPS) is 40.0. The third-order valence-corrected chi connectivity index (χ3v) is 2.87.